The van der Waals surface area contributed by atoms with E-state index in [1.165, 1.54) is 17.0 Å². The maximum absolute atomic E-state index is 14.0. The predicted octanol–water partition coefficient (Wildman–Crippen LogP) is 5.21. The van der Waals surface area contributed by atoms with Crippen molar-refractivity contribution < 1.29 is 18.0 Å². The molecule has 0 aliphatic heterocycles. The highest BCUT2D eigenvalue weighted by Crippen LogP contribution is 2.25. The summed E-state index contributed by atoms with van der Waals surface area (Å²) in [6.07, 6.45) is 1.14. The topological polar surface area (TPSA) is 86.8 Å². The summed E-state index contributed by atoms with van der Waals surface area (Å²) >= 11 is 2.15. The Morgan fingerprint density at radius 1 is 0.868 bits per heavy atom. The van der Waals surface area contributed by atoms with Crippen LogP contribution in [0.3, 0.4) is 0 Å². The van der Waals surface area contributed by atoms with Crippen LogP contribution in [0.5, 0.6) is 0 Å². The van der Waals surface area contributed by atoms with Gasteiger partial charge in [-0.25, -0.2) is 8.42 Å². The van der Waals surface area contributed by atoms with Crippen LogP contribution in [0.15, 0.2) is 89.8 Å². The monoisotopic (exact) mass is 647 g/mol. The number of hydrogen-bond acceptors (Lipinski definition) is 4. The number of rotatable bonds is 12. The molecule has 7 nitrogen and oxygen atoms in total. The molecular formula is C29H34IN3O4S. The molecule has 0 fully saturated rings. The Balaban J connectivity index is 2.02. The third-order valence-corrected chi connectivity index (χ3v) is 8.81. The first-order valence-electron chi connectivity index (χ1n) is 12.6. The Morgan fingerprint density at radius 3 is 2.00 bits per heavy atom. The van der Waals surface area contributed by atoms with Crippen LogP contribution in [0.4, 0.5) is 5.69 Å². The van der Waals surface area contributed by atoms with Crippen LogP contribution in [0.2, 0.25) is 0 Å². The quantitative estimate of drug-likeness (QED) is 0.274. The highest BCUT2D eigenvalue weighted by molar-refractivity contribution is 14.1. The highest BCUT2D eigenvalue weighted by Gasteiger charge is 2.33. The van der Waals surface area contributed by atoms with E-state index in [-0.39, 0.29) is 23.4 Å². The first kappa shape index (κ1) is 29.6. The molecule has 0 radical (unpaired) electrons. The lowest BCUT2D eigenvalue weighted by Gasteiger charge is -2.33. The Kier molecular flexibility index (Phi) is 10.7. The van der Waals surface area contributed by atoms with E-state index in [9.17, 15) is 18.0 Å². The smallest absolute Gasteiger partial charge is 0.264 e. The average molecular weight is 648 g/mol. The van der Waals surface area contributed by atoms with Gasteiger partial charge in [-0.05, 0) is 84.3 Å². The van der Waals surface area contributed by atoms with Crippen molar-refractivity contribution in [3.8, 4) is 0 Å². The lowest BCUT2D eigenvalue weighted by atomic mass is 10.1. The molecule has 3 aromatic rings. The molecule has 0 spiro atoms. The van der Waals surface area contributed by atoms with E-state index >= 15 is 0 Å². The van der Waals surface area contributed by atoms with Gasteiger partial charge in [0.15, 0.2) is 0 Å². The lowest BCUT2D eigenvalue weighted by Crippen LogP contribution is -2.53. The first-order valence-corrected chi connectivity index (χ1v) is 15.2. The highest BCUT2D eigenvalue weighted by atomic mass is 127. The van der Waals surface area contributed by atoms with E-state index in [2.05, 4.69) is 27.9 Å². The van der Waals surface area contributed by atoms with Crippen LogP contribution in [-0.2, 0) is 26.2 Å². The maximum Gasteiger partial charge on any atom is 0.264 e. The SMILES string of the molecule is CC[C@H](C)NC(=O)[C@H](CC)N(Cc1ccccc1)C(=O)CN(c1ccc(I)cc1)S(=O)(=O)c1ccccc1. The van der Waals surface area contributed by atoms with Crippen molar-refractivity contribution in [1.29, 1.82) is 0 Å². The van der Waals surface area contributed by atoms with E-state index in [0.29, 0.717) is 12.1 Å². The third-order valence-electron chi connectivity index (χ3n) is 6.31. The summed E-state index contributed by atoms with van der Waals surface area (Å²) < 4.78 is 29.6. The number of halogens is 1. The van der Waals surface area contributed by atoms with Crippen molar-refractivity contribution >= 4 is 50.1 Å². The van der Waals surface area contributed by atoms with Crippen molar-refractivity contribution in [2.45, 2.75) is 57.1 Å². The zero-order valence-corrected chi connectivity index (χ0v) is 24.9. The van der Waals surface area contributed by atoms with E-state index in [4.69, 9.17) is 0 Å². The van der Waals surface area contributed by atoms with Crippen molar-refractivity contribution in [1.82, 2.24) is 10.2 Å². The van der Waals surface area contributed by atoms with Gasteiger partial charge in [-0.2, -0.15) is 0 Å². The van der Waals surface area contributed by atoms with Gasteiger partial charge in [-0.1, -0.05) is 62.4 Å². The third kappa shape index (κ3) is 7.57. The average Bonchev–Trinajstić information content (AvgIpc) is 2.93. The van der Waals surface area contributed by atoms with Crippen molar-refractivity contribution in [3.63, 3.8) is 0 Å². The molecule has 3 aromatic carbocycles. The van der Waals surface area contributed by atoms with Gasteiger partial charge in [0.25, 0.3) is 10.0 Å². The summed E-state index contributed by atoms with van der Waals surface area (Å²) in [6.45, 7) is 5.48. The predicted molar refractivity (Wildman–Crippen MR) is 159 cm³/mol. The van der Waals surface area contributed by atoms with Gasteiger partial charge in [-0.3, -0.25) is 13.9 Å². The van der Waals surface area contributed by atoms with Crippen LogP contribution in [-0.4, -0.2) is 43.8 Å². The van der Waals surface area contributed by atoms with E-state index < -0.39 is 28.5 Å². The number of carbonyl (C=O) groups is 2. The van der Waals surface area contributed by atoms with Gasteiger partial charge in [-0.15, -0.1) is 0 Å². The minimum Gasteiger partial charge on any atom is -0.352 e. The van der Waals surface area contributed by atoms with Gasteiger partial charge in [0.2, 0.25) is 11.8 Å². The Morgan fingerprint density at radius 2 is 1.45 bits per heavy atom. The van der Waals surface area contributed by atoms with Gasteiger partial charge >= 0.3 is 0 Å². The molecule has 1 N–H and O–H groups in total. The normalized spacial score (nSPS) is 12.8. The number of benzene rings is 3. The van der Waals surface area contributed by atoms with E-state index in [1.807, 2.05) is 51.1 Å². The molecule has 0 saturated heterocycles. The fourth-order valence-corrected chi connectivity index (χ4v) is 5.79. The number of nitrogens with zero attached hydrogens (tertiary/aromatic N) is 2. The second-order valence-electron chi connectivity index (χ2n) is 9.05. The molecule has 0 aromatic heterocycles. The summed E-state index contributed by atoms with van der Waals surface area (Å²) in [7, 11) is -4.06. The van der Waals surface area contributed by atoms with Crippen molar-refractivity contribution in [2.24, 2.45) is 0 Å². The molecule has 3 rings (SSSR count). The molecule has 0 bridgehead atoms. The summed E-state index contributed by atoms with van der Waals surface area (Å²) in [4.78, 5) is 28.8. The van der Waals surface area contributed by atoms with Gasteiger partial charge in [0, 0.05) is 16.2 Å². The van der Waals surface area contributed by atoms with E-state index in [1.54, 1.807) is 42.5 Å². The second-order valence-corrected chi connectivity index (χ2v) is 12.2. The lowest BCUT2D eigenvalue weighted by molar-refractivity contribution is -0.140. The molecule has 2 amide bonds. The number of anilines is 1. The number of nitrogens with one attached hydrogen (secondary N) is 1. The minimum atomic E-state index is -4.06. The number of sulfonamides is 1. The fraction of sp³-hybridized carbons (Fsp3) is 0.310. The Bertz CT molecular complexity index is 1300. The Labute approximate surface area is 239 Å². The van der Waals surface area contributed by atoms with Crippen molar-refractivity contribution in [3.05, 3.63) is 94.1 Å². The standard InChI is InChI=1S/C29H34IN3O4S/c1-4-22(3)31-29(35)27(5-2)32(20-23-12-8-6-9-13-23)28(34)21-33(25-18-16-24(30)17-19-25)38(36,37)26-14-10-7-11-15-26/h6-19,22,27H,4-5,20-21H2,1-3H3,(H,31,35)/t22-,27-/m0/s1. The summed E-state index contributed by atoms with van der Waals surface area (Å²) in [6, 6.07) is 23.6. The van der Waals surface area contributed by atoms with Crippen LogP contribution in [0.1, 0.15) is 39.2 Å². The summed E-state index contributed by atoms with van der Waals surface area (Å²) in [5.74, 6) is -0.712. The zero-order valence-electron chi connectivity index (χ0n) is 21.9. The fourth-order valence-electron chi connectivity index (χ4n) is 4.00. The molecule has 0 saturated carbocycles. The molecule has 202 valence electrons. The van der Waals surface area contributed by atoms with Crippen LogP contribution in [0.25, 0.3) is 0 Å². The largest absolute Gasteiger partial charge is 0.352 e. The molecule has 38 heavy (non-hydrogen) atoms. The number of amides is 2. The van der Waals surface area contributed by atoms with Crippen molar-refractivity contribution in [2.75, 3.05) is 10.8 Å². The molecular weight excluding hydrogens is 613 g/mol. The van der Waals surface area contributed by atoms with Crippen LogP contribution in [0, 0.1) is 3.57 Å². The molecule has 0 unspecified atom stereocenters. The van der Waals surface area contributed by atoms with Crippen LogP contribution < -0.4 is 9.62 Å². The number of hydrogen-bond donors (Lipinski definition) is 1. The summed E-state index contributed by atoms with van der Waals surface area (Å²) in [5.41, 5.74) is 1.22. The molecule has 9 heteroatoms. The molecule has 0 aliphatic carbocycles. The van der Waals surface area contributed by atoms with E-state index in [0.717, 1.165) is 19.9 Å². The number of carbonyl (C=O) groups excluding carboxylic acids is 2. The molecule has 2 atom stereocenters. The zero-order chi connectivity index (χ0) is 27.7. The van der Waals surface area contributed by atoms with Crippen LogP contribution >= 0.6 is 22.6 Å². The molecule has 0 aliphatic rings. The summed E-state index contributed by atoms with van der Waals surface area (Å²) in [5, 5.41) is 2.98. The second kappa shape index (κ2) is 13.7. The van der Waals surface area contributed by atoms with Gasteiger partial charge < -0.3 is 10.2 Å². The minimum absolute atomic E-state index is 0.0491. The van der Waals surface area contributed by atoms with Gasteiger partial charge in [0.05, 0.1) is 10.6 Å². The van der Waals surface area contributed by atoms with Gasteiger partial charge in [0.1, 0.15) is 12.6 Å². The first-order chi connectivity index (χ1) is 18.2. The Hall–Kier alpha value is -2.92. The molecule has 0 heterocycles. The maximum atomic E-state index is 14.0.